The summed E-state index contributed by atoms with van der Waals surface area (Å²) in [7, 11) is 0. The van der Waals surface area contributed by atoms with E-state index in [1.165, 1.54) is 16.2 Å². The zero-order valence-corrected chi connectivity index (χ0v) is 14.0. The van der Waals surface area contributed by atoms with E-state index in [4.69, 9.17) is 4.52 Å². The van der Waals surface area contributed by atoms with Crippen molar-refractivity contribution in [1.29, 1.82) is 0 Å². The van der Waals surface area contributed by atoms with Gasteiger partial charge in [-0.05, 0) is 24.3 Å². The van der Waals surface area contributed by atoms with Gasteiger partial charge in [-0.1, -0.05) is 36.9 Å². The van der Waals surface area contributed by atoms with Gasteiger partial charge >= 0.3 is 6.03 Å². The van der Waals surface area contributed by atoms with Crippen LogP contribution in [0.4, 0.5) is 4.79 Å². The Balaban J connectivity index is 1.52. The fourth-order valence-electron chi connectivity index (χ4n) is 3.45. The largest absolute Gasteiger partial charge is 0.337 e. The Morgan fingerprint density at radius 3 is 2.75 bits per heavy atom. The van der Waals surface area contributed by atoms with Crippen molar-refractivity contribution in [3.63, 3.8) is 0 Å². The number of hydrogen-bond donors (Lipinski definition) is 1. The van der Waals surface area contributed by atoms with Gasteiger partial charge < -0.3 is 9.84 Å². The number of carbonyl (C=O) groups excluding carboxylic acids is 2. The zero-order valence-electron chi connectivity index (χ0n) is 13.2. The van der Waals surface area contributed by atoms with Crippen molar-refractivity contribution in [2.45, 2.75) is 50.6 Å². The molecule has 3 heterocycles. The van der Waals surface area contributed by atoms with Gasteiger partial charge in [-0.3, -0.25) is 9.69 Å². The Morgan fingerprint density at radius 2 is 2.04 bits per heavy atom. The van der Waals surface area contributed by atoms with E-state index < -0.39 is 5.54 Å². The SMILES string of the molecule is O=C1NC2(CCCCCC2)C(=O)N1Cc1nc(-c2cccs2)no1. The van der Waals surface area contributed by atoms with Crippen LogP contribution in [0, 0.1) is 0 Å². The molecule has 126 valence electrons. The molecule has 8 heteroatoms. The first kappa shape index (κ1) is 15.3. The van der Waals surface area contributed by atoms with Gasteiger partial charge in [0.05, 0.1) is 4.88 Å². The normalized spacial score (nSPS) is 20.4. The van der Waals surface area contributed by atoms with E-state index in [1.807, 2.05) is 17.5 Å². The predicted octanol–water partition coefficient (Wildman–Crippen LogP) is 2.94. The Morgan fingerprint density at radius 1 is 1.25 bits per heavy atom. The number of rotatable bonds is 3. The minimum atomic E-state index is -0.732. The van der Waals surface area contributed by atoms with Crippen molar-refractivity contribution in [3.05, 3.63) is 23.4 Å². The molecule has 1 aliphatic heterocycles. The third kappa shape index (κ3) is 2.60. The van der Waals surface area contributed by atoms with Crippen LogP contribution in [-0.4, -0.2) is 32.5 Å². The molecule has 0 aromatic carbocycles. The maximum absolute atomic E-state index is 12.8. The maximum Gasteiger partial charge on any atom is 0.325 e. The van der Waals surface area contributed by atoms with Gasteiger partial charge in [0.1, 0.15) is 12.1 Å². The fraction of sp³-hybridized carbons (Fsp3) is 0.500. The molecule has 0 bridgehead atoms. The number of urea groups is 1. The number of imide groups is 1. The number of thiophene rings is 1. The van der Waals surface area contributed by atoms with Gasteiger partial charge in [0.2, 0.25) is 11.7 Å². The van der Waals surface area contributed by atoms with E-state index >= 15 is 0 Å². The van der Waals surface area contributed by atoms with Crippen LogP contribution >= 0.6 is 11.3 Å². The maximum atomic E-state index is 12.8. The van der Waals surface area contributed by atoms with Crippen molar-refractivity contribution >= 4 is 23.3 Å². The topological polar surface area (TPSA) is 88.3 Å². The highest BCUT2D eigenvalue weighted by Crippen LogP contribution is 2.33. The van der Waals surface area contributed by atoms with Crippen LogP contribution in [0.3, 0.4) is 0 Å². The molecule has 4 rings (SSSR count). The van der Waals surface area contributed by atoms with Crippen LogP contribution < -0.4 is 5.32 Å². The lowest BCUT2D eigenvalue weighted by atomic mass is 9.90. The van der Waals surface area contributed by atoms with Crippen LogP contribution in [0.25, 0.3) is 10.7 Å². The summed E-state index contributed by atoms with van der Waals surface area (Å²) in [5, 5.41) is 8.77. The molecule has 1 saturated heterocycles. The minimum Gasteiger partial charge on any atom is -0.337 e. The fourth-order valence-corrected chi connectivity index (χ4v) is 4.10. The highest BCUT2D eigenvalue weighted by Gasteiger charge is 2.51. The smallest absolute Gasteiger partial charge is 0.325 e. The summed E-state index contributed by atoms with van der Waals surface area (Å²) in [5.74, 6) is 0.592. The molecule has 1 saturated carbocycles. The zero-order chi connectivity index (χ0) is 16.6. The average molecular weight is 346 g/mol. The van der Waals surface area contributed by atoms with Crippen LogP contribution in [-0.2, 0) is 11.3 Å². The second-order valence-corrected chi connectivity index (χ2v) is 7.25. The van der Waals surface area contributed by atoms with E-state index in [0.29, 0.717) is 18.7 Å². The van der Waals surface area contributed by atoms with Crippen molar-refractivity contribution < 1.29 is 14.1 Å². The molecule has 0 radical (unpaired) electrons. The molecule has 2 fully saturated rings. The summed E-state index contributed by atoms with van der Waals surface area (Å²) >= 11 is 1.51. The van der Waals surface area contributed by atoms with Crippen LogP contribution in [0.5, 0.6) is 0 Å². The lowest BCUT2D eigenvalue weighted by Crippen LogP contribution is -2.46. The molecule has 2 aromatic rings. The Labute approximate surface area is 143 Å². The van der Waals surface area contributed by atoms with Crippen molar-refractivity contribution in [1.82, 2.24) is 20.4 Å². The molecule has 2 aromatic heterocycles. The first-order valence-corrected chi connectivity index (χ1v) is 9.06. The van der Waals surface area contributed by atoms with Crippen molar-refractivity contribution in [3.8, 4) is 10.7 Å². The Bertz CT molecular complexity index is 747. The second-order valence-electron chi connectivity index (χ2n) is 6.31. The highest BCUT2D eigenvalue weighted by molar-refractivity contribution is 7.13. The van der Waals surface area contributed by atoms with Gasteiger partial charge in [-0.15, -0.1) is 11.3 Å². The quantitative estimate of drug-likeness (QED) is 0.863. The molecule has 3 amide bonds. The molecule has 0 atom stereocenters. The molecule has 1 N–H and O–H groups in total. The molecule has 24 heavy (non-hydrogen) atoms. The third-order valence-corrected chi connectivity index (χ3v) is 5.57. The lowest BCUT2D eigenvalue weighted by molar-refractivity contribution is -0.132. The summed E-state index contributed by atoms with van der Waals surface area (Å²) in [6.45, 7) is 0.0186. The first-order chi connectivity index (χ1) is 11.7. The van der Waals surface area contributed by atoms with Gasteiger partial charge in [0.25, 0.3) is 5.91 Å². The van der Waals surface area contributed by atoms with E-state index in [9.17, 15) is 9.59 Å². The van der Waals surface area contributed by atoms with E-state index in [-0.39, 0.29) is 24.4 Å². The van der Waals surface area contributed by atoms with Crippen LogP contribution in [0.1, 0.15) is 44.4 Å². The van der Waals surface area contributed by atoms with Crippen molar-refractivity contribution in [2.24, 2.45) is 0 Å². The standard InChI is InChI=1S/C16H18N4O3S/c21-14-16(7-3-1-2-4-8-16)18-15(22)20(14)10-12-17-13(19-23-12)11-6-5-9-24-11/h5-6,9H,1-4,7-8,10H2,(H,18,22). The number of nitrogens with one attached hydrogen (secondary N) is 1. The number of carbonyl (C=O) groups is 2. The molecule has 7 nitrogen and oxygen atoms in total. The number of hydrogen-bond acceptors (Lipinski definition) is 6. The molecule has 1 aliphatic carbocycles. The Hall–Kier alpha value is -2.22. The number of nitrogens with zero attached hydrogens (tertiary/aromatic N) is 3. The van der Waals surface area contributed by atoms with E-state index in [1.54, 1.807) is 0 Å². The summed E-state index contributed by atoms with van der Waals surface area (Å²) < 4.78 is 5.22. The van der Waals surface area contributed by atoms with Gasteiger partial charge in [-0.2, -0.15) is 4.98 Å². The van der Waals surface area contributed by atoms with E-state index in [2.05, 4.69) is 15.5 Å². The summed E-state index contributed by atoms with van der Waals surface area (Å²) in [4.78, 5) is 31.5. The third-order valence-electron chi connectivity index (χ3n) is 4.71. The molecule has 0 unspecified atom stereocenters. The molecular formula is C16H18N4O3S. The molecular weight excluding hydrogens is 328 g/mol. The van der Waals surface area contributed by atoms with Crippen molar-refractivity contribution in [2.75, 3.05) is 0 Å². The molecule has 1 spiro atoms. The highest BCUT2D eigenvalue weighted by atomic mass is 32.1. The summed E-state index contributed by atoms with van der Waals surface area (Å²) in [6.07, 6.45) is 5.56. The minimum absolute atomic E-state index is 0.0186. The number of aromatic nitrogens is 2. The summed E-state index contributed by atoms with van der Waals surface area (Å²) in [5.41, 5.74) is -0.732. The van der Waals surface area contributed by atoms with Gasteiger partial charge in [0.15, 0.2) is 0 Å². The predicted molar refractivity (Wildman–Crippen MR) is 87.1 cm³/mol. The Kier molecular flexibility index (Phi) is 3.84. The first-order valence-electron chi connectivity index (χ1n) is 8.19. The average Bonchev–Trinajstić information content (AvgIpc) is 3.25. The van der Waals surface area contributed by atoms with Gasteiger partial charge in [-0.25, -0.2) is 4.79 Å². The lowest BCUT2D eigenvalue weighted by Gasteiger charge is -2.24. The molecule has 2 aliphatic rings. The summed E-state index contributed by atoms with van der Waals surface area (Å²) in [6, 6.07) is 3.44. The second kappa shape index (κ2) is 6.01. The van der Waals surface area contributed by atoms with Crippen LogP contribution in [0.15, 0.2) is 22.0 Å². The number of amides is 3. The monoisotopic (exact) mass is 346 g/mol. The van der Waals surface area contributed by atoms with E-state index in [0.717, 1.165) is 30.6 Å². The van der Waals surface area contributed by atoms with Gasteiger partial charge in [0, 0.05) is 0 Å². The van der Waals surface area contributed by atoms with Crippen LogP contribution in [0.2, 0.25) is 0 Å².